The van der Waals surface area contributed by atoms with E-state index < -0.39 is 5.41 Å². The van der Waals surface area contributed by atoms with E-state index in [9.17, 15) is 0 Å². The molecule has 1 aromatic rings. The second kappa shape index (κ2) is 3.04. The van der Waals surface area contributed by atoms with Crippen LogP contribution < -0.4 is 0 Å². The smallest absolute Gasteiger partial charge is 0.131 e. The summed E-state index contributed by atoms with van der Waals surface area (Å²) in [5.41, 5.74) is 1.06. The molecule has 0 aliphatic heterocycles. The first kappa shape index (κ1) is 10.1. The van der Waals surface area contributed by atoms with E-state index in [4.69, 9.17) is 16.9 Å². The van der Waals surface area contributed by atoms with Crippen molar-refractivity contribution in [3.8, 4) is 6.07 Å². The highest BCUT2D eigenvalue weighted by Crippen LogP contribution is 2.31. The van der Waals surface area contributed by atoms with Gasteiger partial charge in [-0.2, -0.15) is 10.4 Å². The molecule has 0 aromatic carbocycles. The molecule has 13 heavy (non-hydrogen) atoms. The van der Waals surface area contributed by atoms with Crippen LogP contribution in [-0.4, -0.2) is 9.78 Å². The van der Waals surface area contributed by atoms with E-state index in [1.165, 1.54) is 0 Å². The number of hydrogen-bond donors (Lipinski definition) is 0. The number of nitriles is 1. The SMILES string of the molecule is Cc1nn(C)c(Cl)c1C(C)(C)C#N. The molecule has 0 unspecified atom stereocenters. The van der Waals surface area contributed by atoms with Gasteiger partial charge in [0, 0.05) is 12.6 Å². The summed E-state index contributed by atoms with van der Waals surface area (Å²) in [5, 5.41) is 13.7. The Morgan fingerprint density at radius 2 is 2.08 bits per heavy atom. The van der Waals surface area contributed by atoms with Gasteiger partial charge in [0.15, 0.2) is 0 Å². The Morgan fingerprint density at radius 3 is 2.38 bits per heavy atom. The molecule has 0 saturated heterocycles. The summed E-state index contributed by atoms with van der Waals surface area (Å²) in [6, 6.07) is 2.21. The highest BCUT2D eigenvalue weighted by Gasteiger charge is 2.28. The number of nitrogens with zero attached hydrogens (tertiary/aromatic N) is 3. The van der Waals surface area contributed by atoms with Crippen LogP contribution in [0.5, 0.6) is 0 Å². The Hall–Kier alpha value is -1.01. The lowest BCUT2D eigenvalue weighted by molar-refractivity contribution is 0.680. The molecule has 0 aliphatic carbocycles. The minimum Gasteiger partial charge on any atom is -0.256 e. The molecule has 0 saturated carbocycles. The van der Waals surface area contributed by atoms with E-state index in [0.29, 0.717) is 5.15 Å². The predicted octanol–water partition coefficient (Wildman–Crippen LogP) is 2.18. The quantitative estimate of drug-likeness (QED) is 0.693. The van der Waals surface area contributed by atoms with Crippen molar-refractivity contribution in [2.45, 2.75) is 26.2 Å². The van der Waals surface area contributed by atoms with E-state index in [1.807, 2.05) is 20.8 Å². The Morgan fingerprint density at radius 1 is 1.54 bits per heavy atom. The molecule has 0 radical (unpaired) electrons. The molecule has 4 heteroatoms. The van der Waals surface area contributed by atoms with Crippen molar-refractivity contribution in [3.05, 3.63) is 16.4 Å². The summed E-state index contributed by atoms with van der Waals surface area (Å²) < 4.78 is 1.59. The fourth-order valence-electron chi connectivity index (χ4n) is 1.40. The molecule has 0 N–H and O–H groups in total. The lowest BCUT2D eigenvalue weighted by Gasteiger charge is -2.14. The topological polar surface area (TPSA) is 41.6 Å². The molecule has 1 rings (SSSR count). The van der Waals surface area contributed by atoms with E-state index in [2.05, 4.69) is 11.2 Å². The van der Waals surface area contributed by atoms with E-state index in [1.54, 1.807) is 11.7 Å². The van der Waals surface area contributed by atoms with Gasteiger partial charge in [-0.15, -0.1) is 0 Å². The Kier molecular flexibility index (Phi) is 2.36. The largest absolute Gasteiger partial charge is 0.256 e. The molecular weight excluding hydrogens is 186 g/mol. The van der Waals surface area contributed by atoms with Crippen LogP contribution in [0.2, 0.25) is 5.15 Å². The maximum atomic E-state index is 8.96. The standard InChI is InChI=1S/C9H12ClN3/c1-6-7(9(2,3)5-11)8(10)13(4)12-6/h1-4H3. The minimum atomic E-state index is -0.574. The van der Waals surface area contributed by atoms with Crippen LogP contribution in [0, 0.1) is 18.3 Å². The maximum Gasteiger partial charge on any atom is 0.131 e. The van der Waals surface area contributed by atoms with Crippen LogP contribution in [0.25, 0.3) is 0 Å². The minimum absolute atomic E-state index is 0.545. The maximum absolute atomic E-state index is 8.96. The highest BCUT2D eigenvalue weighted by molar-refractivity contribution is 6.30. The van der Waals surface area contributed by atoms with Crippen molar-refractivity contribution in [3.63, 3.8) is 0 Å². The molecule has 1 aromatic heterocycles. The molecule has 70 valence electrons. The molecule has 0 fully saturated rings. The first-order valence-electron chi connectivity index (χ1n) is 4.01. The molecule has 3 nitrogen and oxygen atoms in total. The van der Waals surface area contributed by atoms with Gasteiger partial charge in [-0.05, 0) is 20.8 Å². The zero-order valence-corrected chi connectivity index (χ0v) is 8.98. The van der Waals surface area contributed by atoms with E-state index in [0.717, 1.165) is 11.3 Å². The van der Waals surface area contributed by atoms with E-state index in [-0.39, 0.29) is 0 Å². The van der Waals surface area contributed by atoms with Gasteiger partial charge in [0.25, 0.3) is 0 Å². The van der Waals surface area contributed by atoms with Gasteiger partial charge in [-0.1, -0.05) is 11.6 Å². The number of hydrogen-bond acceptors (Lipinski definition) is 2. The van der Waals surface area contributed by atoms with Crippen molar-refractivity contribution in [1.29, 1.82) is 5.26 Å². The van der Waals surface area contributed by atoms with Crippen LogP contribution in [-0.2, 0) is 12.5 Å². The fourth-order valence-corrected chi connectivity index (χ4v) is 1.81. The third-order valence-electron chi connectivity index (χ3n) is 2.06. The Labute approximate surface area is 82.9 Å². The predicted molar refractivity (Wildman–Crippen MR) is 51.6 cm³/mol. The van der Waals surface area contributed by atoms with Crippen LogP contribution in [0.15, 0.2) is 0 Å². The van der Waals surface area contributed by atoms with Crippen molar-refractivity contribution in [1.82, 2.24) is 9.78 Å². The number of halogens is 1. The molecule has 0 aliphatic rings. The number of rotatable bonds is 1. The summed E-state index contributed by atoms with van der Waals surface area (Å²) in [6.45, 7) is 5.53. The lowest BCUT2D eigenvalue weighted by Crippen LogP contribution is -2.15. The average Bonchev–Trinajstić information content (AvgIpc) is 2.27. The number of aryl methyl sites for hydroxylation is 2. The van der Waals surface area contributed by atoms with Gasteiger partial charge >= 0.3 is 0 Å². The molecular formula is C9H12ClN3. The average molecular weight is 198 g/mol. The molecule has 0 bridgehead atoms. The zero-order valence-electron chi connectivity index (χ0n) is 8.22. The van der Waals surface area contributed by atoms with Gasteiger partial charge in [0.1, 0.15) is 5.15 Å². The first-order valence-corrected chi connectivity index (χ1v) is 4.38. The van der Waals surface area contributed by atoms with Crippen molar-refractivity contribution >= 4 is 11.6 Å². The van der Waals surface area contributed by atoms with Gasteiger partial charge in [-0.25, -0.2) is 0 Å². The molecule has 0 amide bonds. The van der Waals surface area contributed by atoms with Crippen molar-refractivity contribution < 1.29 is 0 Å². The molecule has 0 spiro atoms. The Balaban J connectivity index is 3.39. The summed E-state index contributed by atoms with van der Waals surface area (Å²) in [4.78, 5) is 0. The zero-order chi connectivity index (χ0) is 10.2. The van der Waals surface area contributed by atoms with Crippen molar-refractivity contribution in [2.24, 2.45) is 7.05 Å². The monoisotopic (exact) mass is 197 g/mol. The Bertz CT molecular complexity index is 371. The van der Waals surface area contributed by atoms with Crippen LogP contribution >= 0.6 is 11.6 Å². The molecule has 0 atom stereocenters. The fraction of sp³-hybridized carbons (Fsp3) is 0.556. The second-order valence-electron chi connectivity index (χ2n) is 3.61. The van der Waals surface area contributed by atoms with Crippen molar-refractivity contribution in [2.75, 3.05) is 0 Å². The second-order valence-corrected chi connectivity index (χ2v) is 3.97. The van der Waals surface area contributed by atoms with Gasteiger partial charge in [-0.3, -0.25) is 4.68 Å². The third-order valence-corrected chi connectivity index (χ3v) is 2.49. The molecule has 1 heterocycles. The van der Waals surface area contributed by atoms with Crippen LogP contribution in [0.1, 0.15) is 25.1 Å². The van der Waals surface area contributed by atoms with Gasteiger partial charge in [0.2, 0.25) is 0 Å². The lowest BCUT2D eigenvalue weighted by atomic mass is 9.87. The van der Waals surface area contributed by atoms with Crippen LogP contribution in [0.4, 0.5) is 0 Å². The summed E-state index contributed by atoms with van der Waals surface area (Å²) in [5.74, 6) is 0. The van der Waals surface area contributed by atoms with Crippen LogP contribution in [0.3, 0.4) is 0 Å². The van der Waals surface area contributed by atoms with Gasteiger partial charge < -0.3 is 0 Å². The normalized spacial score (nSPS) is 11.4. The van der Waals surface area contributed by atoms with E-state index >= 15 is 0 Å². The summed E-state index contributed by atoms with van der Waals surface area (Å²) in [7, 11) is 1.77. The van der Waals surface area contributed by atoms with Gasteiger partial charge in [0.05, 0.1) is 17.2 Å². The summed E-state index contributed by atoms with van der Waals surface area (Å²) in [6.07, 6.45) is 0. The number of aromatic nitrogens is 2. The third kappa shape index (κ3) is 1.54. The first-order chi connectivity index (χ1) is 5.90. The summed E-state index contributed by atoms with van der Waals surface area (Å²) >= 11 is 6.03. The highest BCUT2D eigenvalue weighted by atomic mass is 35.5.